The maximum absolute atomic E-state index is 15.0. The maximum atomic E-state index is 15.0. The number of nitrogens with zero attached hydrogens (tertiary/aromatic N) is 3. The molecule has 0 saturated heterocycles. The van der Waals surface area contributed by atoms with E-state index in [2.05, 4.69) is 91.0 Å². The highest BCUT2D eigenvalue weighted by Gasteiger charge is 2.36. The van der Waals surface area contributed by atoms with E-state index in [0.717, 1.165) is 86.7 Å². The number of carbonyl (C=O) groups is 3. The molecule has 0 saturated carbocycles. The smallest absolute Gasteiger partial charge is 0.310 e. The highest BCUT2D eigenvalue weighted by atomic mass is 16.5. The zero-order chi connectivity index (χ0) is 52.9. The third-order valence-corrected chi connectivity index (χ3v) is 15.6. The Morgan fingerprint density at radius 2 is 1.47 bits per heavy atom. The predicted molar refractivity (Wildman–Crippen MR) is 301 cm³/mol. The second-order valence-electron chi connectivity index (χ2n) is 21.7. The lowest BCUT2D eigenvalue weighted by Crippen LogP contribution is -2.27. The van der Waals surface area contributed by atoms with Gasteiger partial charge in [0.2, 0.25) is 0 Å². The van der Waals surface area contributed by atoms with E-state index in [9.17, 15) is 14.4 Å². The molecule has 3 aromatic heterocycles. The summed E-state index contributed by atoms with van der Waals surface area (Å²) in [7, 11) is 3.16. The van der Waals surface area contributed by atoms with Crippen LogP contribution in [0, 0.1) is 31.6 Å². The quantitative estimate of drug-likeness (QED) is 0.0528. The van der Waals surface area contributed by atoms with Crippen LogP contribution in [0.5, 0.6) is 0 Å². The lowest BCUT2D eigenvalue weighted by Gasteiger charge is -2.21. The number of aryl methyl sites for hydroxylation is 3. The Kier molecular flexibility index (Phi) is 20.2. The van der Waals surface area contributed by atoms with Crippen molar-refractivity contribution in [3.8, 4) is 0 Å². The molecule has 4 aromatic rings. The fourth-order valence-corrected chi connectivity index (χ4v) is 10.9. The van der Waals surface area contributed by atoms with Gasteiger partial charge in [0.05, 0.1) is 36.2 Å². The van der Waals surface area contributed by atoms with Crippen molar-refractivity contribution in [1.82, 2.24) is 24.8 Å². The number of H-pyrrole nitrogens is 2. The fraction of sp³-hybridized carbons (Fsp3) is 0.508. The first-order valence-electron chi connectivity index (χ1n) is 27.2. The van der Waals surface area contributed by atoms with Crippen molar-refractivity contribution in [3.63, 3.8) is 0 Å². The van der Waals surface area contributed by atoms with Gasteiger partial charge in [0.1, 0.15) is 6.61 Å². The first-order chi connectivity index (χ1) is 34.9. The van der Waals surface area contributed by atoms with Crippen LogP contribution in [0.15, 0.2) is 66.8 Å². The normalized spacial score (nSPS) is 15.7. The molecule has 73 heavy (non-hydrogen) atoms. The zero-order valence-corrected chi connectivity index (χ0v) is 46.4. The van der Waals surface area contributed by atoms with Gasteiger partial charge in [-0.2, -0.15) is 0 Å². The Morgan fingerprint density at radius 1 is 0.808 bits per heavy atom. The van der Waals surface area contributed by atoms with Gasteiger partial charge in [0, 0.05) is 70.7 Å². The molecule has 8 bridgehead atoms. The Morgan fingerprint density at radius 3 is 2.12 bits per heavy atom. The summed E-state index contributed by atoms with van der Waals surface area (Å²) in [4.78, 5) is 62.1. The third kappa shape index (κ3) is 14.4. The van der Waals surface area contributed by atoms with Crippen molar-refractivity contribution in [1.29, 1.82) is 0 Å². The van der Waals surface area contributed by atoms with Gasteiger partial charge in [0.15, 0.2) is 0 Å². The second kappa shape index (κ2) is 26.3. The number of hydrogen-bond acceptors (Lipinski definition) is 7. The number of ether oxygens (including phenoxy) is 2. The minimum atomic E-state index is -0.486. The molecule has 6 rings (SSSR count). The fourth-order valence-electron chi connectivity index (χ4n) is 10.9. The van der Waals surface area contributed by atoms with E-state index in [-0.39, 0.29) is 43.2 Å². The Bertz CT molecular complexity index is 2830. The van der Waals surface area contributed by atoms with Crippen molar-refractivity contribution in [2.24, 2.45) is 17.8 Å². The summed E-state index contributed by atoms with van der Waals surface area (Å²) in [5, 5.41) is 0. The lowest BCUT2D eigenvalue weighted by molar-refractivity contribution is -0.143. The number of aromatic nitrogens is 4. The molecule has 2 aliphatic heterocycles. The van der Waals surface area contributed by atoms with Gasteiger partial charge in [0.25, 0.3) is 5.91 Å². The number of benzene rings is 1. The summed E-state index contributed by atoms with van der Waals surface area (Å²) in [6.45, 7) is 26.7. The molecule has 4 unspecified atom stereocenters. The summed E-state index contributed by atoms with van der Waals surface area (Å²) in [5.41, 5.74) is 14.1. The molecule has 5 heterocycles. The first kappa shape index (κ1) is 56.3. The van der Waals surface area contributed by atoms with Crippen LogP contribution in [0.25, 0.3) is 39.3 Å². The van der Waals surface area contributed by atoms with Crippen LogP contribution in [0.1, 0.15) is 194 Å². The van der Waals surface area contributed by atoms with Crippen LogP contribution in [0.3, 0.4) is 0 Å². The average molecular weight is 992 g/mol. The second-order valence-corrected chi connectivity index (χ2v) is 21.7. The van der Waals surface area contributed by atoms with Crippen molar-refractivity contribution in [2.75, 3.05) is 20.8 Å². The van der Waals surface area contributed by atoms with Crippen LogP contribution in [-0.2, 0) is 43.2 Å². The van der Waals surface area contributed by atoms with Gasteiger partial charge in [-0.05, 0) is 123 Å². The van der Waals surface area contributed by atoms with E-state index in [0.29, 0.717) is 52.7 Å². The van der Waals surface area contributed by atoms with Gasteiger partial charge < -0.3 is 24.3 Å². The van der Waals surface area contributed by atoms with E-state index >= 15 is 0 Å². The Balaban J connectivity index is 1.33. The third-order valence-electron chi connectivity index (χ3n) is 15.6. The van der Waals surface area contributed by atoms with Gasteiger partial charge in [-0.15, -0.1) is 0 Å². The van der Waals surface area contributed by atoms with Gasteiger partial charge in [-0.1, -0.05) is 135 Å². The Hall–Kier alpha value is -6.03. The van der Waals surface area contributed by atoms with Crippen molar-refractivity contribution >= 4 is 57.1 Å². The monoisotopic (exact) mass is 992 g/mol. The van der Waals surface area contributed by atoms with Crippen LogP contribution < -0.4 is 0 Å². The Labute approximate surface area is 436 Å². The summed E-state index contributed by atoms with van der Waals surface area (Å²) in [5.74, 6) is 0.794. The number of esters is 2. The molecular formula is C63H85N5O5. The SMILES string of the molecule is C=Cc1c(C)c2cc3nc(c(CC(=O)OC)c4nc(cc5[nH]c(cc1[nH]2)c(C)c5CC)C(C)=C4C(=O)N(C)Cc1ccccc1)C(CCC(=O)OC/C=C(\C)CCCC(C)CCCC(C)CCCC(C)C)C3C. The van der Waals surface area contributed by atoms with Crippen LogP contribution in [-0.4, -0.2) is 63.4 Å². The van der Waals surface area contributed by atoms with Crippen LogP contribution >= 0.6 is 0 Å². The standard InChI is InChI=1S/C63H85N5O5/c1-14-48-43(8)52-35-54-45(10)50(30-31-58(69)73-33-32-42(7)27-21-26-41(6)25-20-24-40(5)23-19-22-39(3)4)61(66-54)51(34-59(70)72-13)62-60(63(71)68(12)38-47-28-17-16-18-29-47)46(11)55(67-62)37-57-49(15-2)44(9)53(65-57)36-56(48)64-52/h14,16-18,28-29,32,35-37,39-41,45,50,64-65H,1,15,19-27,30-31,33-34,38H2,2-13H3/b42-32+,52-35?,53-36?,54-35?,55-37?,56-36?,57-37?,61-51?,62-51?. The number of allylic oxidation sites excluding steroid dienone is 2. The van der Waals surface area contributed by atoms with Crippen LogP contribution in [0.4, 0.5) is 0 Å². The zero-order valence-electron chi connectivity index (χ0n) is 46.4. The molecule has 1 amide bonds. The highest BCUT2D eigenvalue weighted by Crippen LogP contribution is 2.44. The summed E-state index contributed by atoms with van der Waals surface area (Å²) >= 11 is 0. The predicted octanol–water partition coefficient (Wildman–Crippen LogP) is 15.0. The molecule has 1 aromatic carbocycles. The van der Waals surface area contributed by atoms with E-state index in [1.165, 1.54) is 57.6 Å². The molecule has 0 aliphatic carbocycles. The highest BCUT2D eigenvalue weighted by molar-refractivity contribution is 6.27. The average Bonchev–Trinajstić information content (AvgIpc) is 4.04. The number of nitrogens with one attached hydrogen (secondary N) is 2. The van der Waals surface area contributed by atoms with E-state index in [1.807, 2.05) is 55.5 Å². The number of aromatic amines is 2. The molecule has 10 heteroatoms. The van der Waals surface area contributed by atoms with Gasteiger partial charge >= 0.3 is 11.9 Å². The van der Waals surface area contributed by atoms with Gasteiger partial charge in [-0.25, -0.2) is 4.98 Å². The summed E-state index contributed by atoms with van der Waals surface area (Å²) in [6, 6.07) is 16.1. The molecule has 10 nitrogen and oxygen atoms in total. The topological polar surface area (TPSA) is 130 Å². The van der Waals surface area contributed by atoms with Crippen molar-refractivity contribution in [3.05, 3.63) is 123 Å². The van der Waals surface area contributed by atoms with E-state index in [1.54, 1.807) is 11.9 Å². The largest absolute Gasteiger partial charge is 0.469 e. The first-order valence-corrected chi connectivity index (χ1v) is 27.2. The van der Waals surface area contributed by atoms with E-state index in [4.69, 9.17) is 19.4 Å². The number of likely N-dealkylation sites (N-methyl/N-ethyl adjacent to an activating group) is 1. The number of carbonyl (C=O) groups excluding carboxylic acids is 3. The maximum Gasteiger partial charge on any atom is 0.310 e. The lowest BCUT2D eigenvalue weighted by atomic mass is 9.84. The van der Waals surface area contributed by atoms with Crippen molar-refractivity contribution in [2.45, 2.75) is 171 Å². The summed E-state index contributed by atoms with van der Waals surface area (Å²) in [6.07, 6.45) is 16.3. The minimum Gasteiger partial charge on any atom is -0.469 e. The number of fused-ring (bicyclic) bond motifs is 8. The molecule has 2 aliphatic rings. The number of amides is 1. The van der Waals surface area contributed by atoms with Crippen LogP contribution in [0.2, 0.25) is 0 Å². The summed E-state index contributed by atoms with van der Waals surface area (Å²) < 4.78 is 11.2. The molecular weight excluding hydrogens is 907 g/mol. The molecule has 0 spiro atoms. The molecule has 2 N–H and O–H groups in total. The number of hydrogen-bond donors (Lipinski definition) is 2. The number of methoxy groups -OCH3 is 1. The molecule has 0 radical (unpaired) electrons. The molecule has 4 atom stereocenters. The minimum absolute atomic E-state index is 0.140. The van der Waals surface area contributed by atoms with Crippen molar-refractivity contribution < 1.29 is 23.9 Å². The molecule has 392 valence electrons. The van der Waals surface area contributed by atoms with Gasteiger partial charge in [-0.3, -0.25) is 19.4 Å². The molecule has 0 fully saturated rings. The van der Waals surface area contributed by atoms with E-state index < -0.39 is 5.97 Å². The number of rotatable bonds is 24.